The monoisotopic (exact) mass is 261 g/mol. The molecule has 0 bridgehead atoms. The standard InChI is InChI=1S/C10H9NO4S.Na/c11-9-3-1-2-7-8(9)4-6(5-10(7)12)16(13,14)15;/h1-5,12H,11H2,(H,13,14,15);/q;+1/p-1. The summed E-state index contributed by atoms with van der Waals surface area (Å²) in [5, 5.41) is 10.3. The number of anilines is 1. The van der Waals surface area contributed by atoms with Crippen molar-refractivity contribution in [2.24, 2.45) is 0 Å². The Morgan fingerprint density at radius 3 is 2.41 bits per heavy atom. The van der Waals surface area contributed by atoms with E-state index in [4.69, 9.17) is 5.73 Å². The summed E-state index contributed by atoms with van der Waals surface area (Å²) in [6, 6.07) is 6.85. The van der Waals surface area contributed by atoms with Gasteiger partial charge in [-0.05, 0) is 18.2 Å². The van der Waals surface area contributed by atoms with Crippen LogP contribution in [0.25, 0.3) is 10.8 Å². The number of rotatable bonds is 1. The van der Waals surface area contributed by atoms with Crippen molar-refractivity contribution < 1.29 is 47.6 Å². The first kappa shape index (κ1) is 14.3. The average molecular weight is 261 g/mol. The molecule has 0 aliphatic heterocycles. The summed E-state index contributed by atoms with van der Waals surface area (Å²) < 4.78 is 32.5. The topological polar surface area (TPSA) is 103 Å². The van der Waals surface area contributed by atoms with Crippen molar-refractivity contribution in [2.45, 2.75) is 4.90 Å². The maximum Gasteiger partial charge on any atom is 1.00 e. The summed E-state index contributed by atoms with van der Waals surface area (Å²) in [6.07, 6.45) is 0. The fourth-order valence-electron chi connectivity index (χ4n) is 1.51. The van der Waals surface area contributed by atoms with Crippen LogP contribution in [0.2, 0.25) is 0 Å². The molecule has 7 heteroatoms. The molecule has 0 radical (unpaired) electrons. The average Bonchev–Trinajstić information content (AvgIpc) is 2.18. The van der Waals surface area contributed by atoms with Crippen LogP contribution >= 0.6 is 0 Å². The molecule has 0 saturated heterocycles. The Balaban J connectivity index is 0.00000144. The van der Waals surface area contributed by atoms with E-state index in [2.05, 4.69) is 0 Å². The number of benzene rings is 2. The SMILES string of the molecule is Nc1cccc2c(O)cc(S(=O)(=O)[O-])cc12.[Na+]. The first-order valence-electron chi connectivity index (χ1n) is 4.37. The number of phenolic OH excluding ortho intramolecular Hbond substituents is 1. The summed E-state index contributed by atoms with van der Waals surface area (Å²) >= 11 is 0. The summed E-state index contributed by atoms with van der Waals surface area (Å²) in [5.74, 6) is -0.278. The second-order valence-corrected chi connectivity index (χ2v) is 4.72. The van der Waals surface area contributed by atoms with Crippen molar-refractivity contribution in [3.63, 3.8) is 0 Å². The number of aromatic hydroxyl groups is 1. The number of fused-ring (bicyclic) bond motifs is 1. The molecular formula is C10H8NNaO4S. The Morgan fingerprint density at radius 1 is 1.18 bits per heavy atom. The third kappa shape index (κ3) is 2.72. The maximum atomic E-state index is 10.8. The minimum atomic E-state index is -4.60. The third-order valence-corrected chi connectivity index (χ3v) is 3.08. The van der Waals surface area contributed by atoms with Gasteiger partial charge in [0.05, 0.1) is 4.90 Å². The molecule has 0 saturated carbocycles. The van der Waals surface area contributed by atoms with E-state index in [1.807, 2.05) is 0 Å². The molecule has 0 aromatic heterocycles. The molecule has 2 rings (SSSR count). The van der Waals surface area contributed by atoms with Crippen molar-refractivity contribution >= 4 is 26.6 Å². The Hall–Kier alpha value is -0.790. The van der Waals surface area contributed by atoms with E-state index in [0.717, 1.165) is 12.1 Å². The van der Waals surface area contributed by atoms with E-state index >= 15 is 0 Å². The summed E-state index contributed by atoms with van der Waals surface area (Å²) in [7, 11) is -4.60. The van der Waals surface area contributed by atoms with Gasteiger partial charge in [0, 0.05) is 16.5 Å². The van der Waals surface area contributed by atoms with Crippen LogP contribution < -0.4 is 35.3 Å². The van der Waals surface area contributed by atoms with Gasteiger partial charge in [0.1, 0.15) is 15.9 Å². The van der Waals surface area contributed by atoms with Gasteiger partial charge in [-0.1, -0.05) is 12.1 Å². The minimum Gasteiger partial charge on any atom is -0.744 e. The molecule has 3 N–H and O–H groups in total. The molecule has 2 aromatic carbocycles. The number of nitrogens with two attached hydrogens (primary N) is 1. The van der Waals surface area contributed by atoms with Gasteiger partial charge in [0.15, 0.2) is 0 Å². The normalized spacial score (nSPS) is 11.1. The third-order valence-electron chi connectivity index (χ3n) is 2.27. The van der Waals surface area contributed by atoms with E-state index in [1.54, 1.807) is 18.2 Å². The van der Waals surface area contributed by atoms with Crippen molar-refractivity contribution in [1.82, 2.24) is 0 Å². The first-order chi connectivity index (χ1) is 7.39. The number of phenols is 1. The predicted octanol–water partition coefficient (Wildman–Crippen LogP) is -1.96. The van der Waals surface area contributed by atoms with Gasteiger partial charge in [0.2, 0.25) is 0 Å². The van der Waals surface area contributed by atoms with Crippen LogP contribution in [0.5, 0.6) is 5.75 Å². The quantitative estimate of drug-likeness (QED) is 0.352. The van der Waals surface area contributed by atoms with Crippen LogP contribution in [0.4, 0.5) is 5.69 Å². The molecule has 0 atom stereocenters. The Morgan fingerprint density at radius 2 is 1.82 bits per heavy atom. The molecule has 5 nitrogen and oxygen atoms in total. The van der Waals surface area contributed by atoms with Gasteiger partial charge in [-0.25, -0.2) is 8.42 Å². The van der Waals surface area contributed by atoms with E-state index in [-0.39, 0.29) is 35.3 Å². The zero-order chi connectivity index (χ0) is 11.9. The molecule has 0 amide bonds. The van der Waals surface area contributed by atoms with Crippen molar-refractivity contribution in [3.05, 3.63) is 30.3 Å². The van der Waals surface area contributed by atoms with Crippen LogP contribution in [0.3, 0.4) is 0 Å². The van der Waals surface area contributed by atoms with Crippen molar-refractivity contribution in [3.8, 4) is 5.75 Å². The van der Waals surface area contributed by atoms with Crippen LogP contribution in [0.1, 0.15) is 0 Å². The molecule has 17 heavy (non-hydrogen) atoms. The molecule has 0 spiro atoms. The fourth-order valence-corrected chi connectivity index (χ4v) is 2.03. The van der Waals surface area contributed by atoms with E-state index in [1.165, 1.54) is 0 Å². The van der Waals surface area contributed by atoms with Crippen LogP contribution in [0.15, 0.2) is 35.2 Å². The fraction of sp³-hybridized carbons (Fsp3) is 0. The zero-order valence-electron chi connectivity index (χ0n) is 9.04. The van der Waals surface area contributed by atoms with Gasteiger partial charge >= 0.3 is 29.6 Å². The van der Waals surface area contributed by atoms with Crippen LogP contribution in [0, 0.1) is 0 Å². The molecule has 0 fully saturated rings. The van der Waals surface area contributed by atoms with E-state index in [9.17, 15) is 18.1 Å². The number of nitrogen functional groups attached to an aromatic ring is 1. The van der Waals surface area contributed by atoms with Gasteiger partial charge in [-0.2, -0.15) is 0 Å². The second kappa shape index (κ2) is 4.83. The van der Waals surface area contributed by atoms with Gasteiger partial charge in [0.25, 0.3) is 0 Å². The van der Waals surface area contributed by atoms with Crippen LogP contribution in [-0.4, -0.2) is 18.1 Å². The van der Waals surface area contributed by atoms with Gasteiger partial charge < -0.3 is 15.4 Å². The molecule has 2 aromatic rings. The van der Waals surface area contributed by atoms with Gasteiger partial charge in [-0.15, -0.1) is 0 Å². The van der Waals surface area contributed by atoms with Gasteiger partial charge in [-0.3, -0.25) is 0 Å². The predicted molar refractivity (Wildman–Crippen MR) is 58.0 cm³/mol. The number of hydrogen-bond donors (Lipinski definition) is 2. The Bertz CT molecular complexity index is 669. The van der Waals surface area contributed by atoms with Crippen LogP contribution in [-0.2, 0) is 10.1 Å². The smallest absolute Gasteiger partial charge is 0.744 e. The summed E-state index contributed by atoms with van der Waals surface area (Å²) in [5.41, 5.74) is 5.93. The maximum absolute atomic E-state index is 10.8. The molecule has 0 unspecified atom stereocenters. The molecule has 84 valence electrons. The summed E-state index contributed by atoms with van der Waals surface area (Å²) in [4.78, 5) is -0.490. The first-order valence-corrected chi connectivity index (χ1v) is 5.77. The Kier molecular flexibility index (Phi) is 4.06. The molecule has 0 heterocycles. The molecule has 0 aliphatic rings. The Labute approximate surface area is 120 Å². The second-order valence-electron chi connectivity index (χ2n) is 3.34. The minimum absolute atomic E-state index is 0. The van der Waals surface area contributed by atoms with E-state index in [0.29, 0.717) is 16.5 Å². The van der Waals surface area contributed by atoms with E-state index < -0.39 is 15.0 Å². The molecule has 0 aliphatic carbocycles. The van der Waals surface area contributed by atoms with Crippen molar-refractivity contribution in [1.29, 1.82) is 0 Å². The largest absolute Gasteiger partial charge is 1.00 e. The van der Waals surface area contributed by atoms with Crippen molar-refractivity contribution in [2.75, 3.05) is 5.73 Å². The number of hydrogen-bond acceptors (Lipinski definition) is 5. The zero-order valence-corrected chi connectivity index (χ0v) is 11.9. The molecular weight excluding hydrogens is 253 g/mol. The summed E-state index contributed by atoms with van der Waals surface area (Å²) in [6.45, 7) is 0.